The molecule has 0 spiro atoms. The lowest BCUT2D eigenvalue weighted by Gasteiger charge is -2.06. The monoisotopic (exact) mass is 341 g/mol. The van der Waals surface area contributed by atoms with Crippen LogP contribution >= 0.6 is 27.7 Å². The van der Waals surface area contributed by atoms with Crippen molar-refractivity contribution in [2.75, 3.05) is 13.7 Å². The minimum Gasteiger partial charge on any atom is -0.385 e. The average molecular weight is 342 g/mol. The van der Waals surface area contributed by atoms with Crippen molar-refractivity contribution in [2.45, 2.75) is 23.9 Å². The molecule has 0 fully saturated rings. The molecule has 0 saturated carbocycles. The maximum absolute atomic E-state index is 5.06. The van der Waals surface area contributed by atoms with Crippen molar-refractivity contribution in [1.29, 1.82) is 0 Å². The molecule has 2 aromatic rings. The summed E-state index contributed by atoms with van der Waals surface area (Å²) >= 11 is 5.18. The molecule has 6 heteroatoms. The number of rotatable bonds is 7. The summed E-state index contributed by atoms with van der Waals surface area (Å²) in [5, 5.41) is 9.08. The van der Waals surface area contributed by atoms with Gasteiger partial charge in [0.1, 0.15) is 6.33 Å². The van der Waals surface area contributed by atoms with E-state index in [9.17, 15) is 0 Å². The zero-order valence-electron chi connectivity index (χ0n) is 10.8. The Morgan fingerprint density at radius 1 is 1.42 bits per heavy atom. The second kappa shape index (κ2) is 7.67. The first kappa shape index (κ1) is 14.6. The molecule has 0 amide bonds. The quantitative estimate of drug-likeness (QED) is 0.571. The summed E-state index contributed by atoms with van der Waals surface area (Å²) in [6, 6.07) is 8.31. The van der Waals surface area contributed by atoms with E-state index in [4.69, 9.17) is 4.74 Å². The van der Waals surface area contributed by atoms with Gasteiger partial charge in [-0.15, -0.1) is 10.2 Å². The van der Waals surface area contributed by atoms with Gasteiger partial charge >= 0.3 is 0 Å². The molecule has 0 aliphatic heterocycles. The van der Waals surface area contributed by atoms with Gasteiger partial charge in [-0.3, -0.25) is 0 Å². The van der Waals surface area contributed by atoms with Crippen molar-refractivity contribution in [3.05, 3.63) is 40.6 Å². The molecular formula is C13H16BrN3OS. The van der Waals surface area contributed by atoms with Gasteiger partial charge in [-0.25, -0.2) is 0 Å². The molecule has 0 radical (unpaired) electrons. The minimum absolute atomic E-state index is 0.758. The van der Waals surface area contributed by atoms with Crippen molar-refractivity contribution in [2.24, 2.45) is 0 Å². The van der Waals surface area contributed by atoms with Gasteiger partial charge < -0.3 is 9.30 Å². The van der Waals surface area contributed by atoms with Crippen LogP contribution < -0.4 is 0 Å². The fourth-order valence-electron chi connectivity index (χ4n) is 1.66. The molecule has 2 rings (SSSR count). The van der Waals surface area contributed by atoms with E-state index in [1.165, 1.54) is 5.56 Å². The first-order valence-electron chi connectivity index (χ1n) is 6.03. The van der Waals surface area contributed by atoms with Gasteiger partial charge in [-0.05, 0) is 24.1 Å². The molecule has 4 nitrogen and oxygen atoms in total. The van der Waals surface area contributed by atoms with Gasteiger partial charge in [0.25, 0.3) is 0 Å². The van der Waals surface area contributed by atoms with E-state index in [2.05, 4.69) is 42.8 Å². The Labute approximate surface area is 125 Å². The maximum atomic E-state index is 5.06. The fourth-order valence-corrected chi connectivity index (χ4v) is 2.99. The van der Waals surface area contributed by atoms with Gasteiger partial charge in [-0.1, -0.05) is 39.8 Å². The van der Waals surface area contributed by atoms with Crippen LogP contribution in [0.25, 0.3) is 0 Å². The van der Waals surface area contributed by atoms with E-state index in [1.807, 2.05) is 12.1 Å². The number of hydrogen-bond acceptors (Lipinski definition) is 4. The van der Waals surface area contributed by atoms with Crippen molar-refractivity contribution in [3.63, 3.8) is 0 Å². The SMILES string of the molecule is COCCCn1cnnc1SCc1cccc(Br)c1. The second-order valence-electron chi connectivity index (χ2n) is 4.07. The Balaban J connectivity index is 1.90. The third kappa shape index (κ3) is 4.63. The van der Waals surface area contributed by atoms with Crippen LogP contribution in [0.4, 0.5) is 0 Å². The number of aryl methyl sites for hydroxylation is 1. The third-order valence-corrected chi connectivity index (χ3v) is 4.13. The van der Waals surface area contributed by atoms with Crippen LogP contribution in [0.1, 0.15) is 12.0 Å². The Hall–Kier alpha value is -0.850. The van der Waals surface area contributed by atoms with Gasteiger partial charge in [0.05, 0.1) is 0 Å². The molecule has 1 aromatic heterocycles. The van der Waals surface area contributed by atoms with Gasteiger partial charge in [0, 0.05) is 30.5 Å². The van der Waals surface area contributed by atoms with Crippen LogP contribution in [0.15, 0.2) is 40.2 Å². The fraction of sp³-hybridized carbons (Fsp3) is 0.385. The Bertz CT molecular complexity index is 518. The number of benzene rings is 1. The van der Waals surface area contributed by atoms with E-state index >= 15 is 0 Å². The van der Waals surface area contributed by atoms with E-state index in [0.29, 0.717) is 0 Å². The van der Waals surface area contributed by atoms with Gasteiger partial charge in [0.2, 0.25) is 0 Å². The first-order chi connectivity index (χ1) is 9.29. The number of hydrogen-bond donors (Lipinski definition) is 0. The summed E-state index contributed by atoms with van der Waals surface area (Å²) in [6.07, 6.45) is 2.75. The standard InChI is InChI=1S/C13H16BrN3OS/c1-18-7-3-6-17-10-15-16-13(17)19-9-11-4-2-5-12(14)8-11/h2,4-5,8,10H,3,6-7,9H2,1H3. The highest BCUT2D eigenvalue weighted by Gasteiger charge is 2.05. The highest BCUT2D eigenvalue weighted by Crippen LogP contribution is 2.22. The van der Waals surface area contributed by atoms with Gasteiger partial charge in [-0.2, -0.15) is 0 Å². The third-order valence-electron chi connectivity index (χ3n) is 2.58. The highest BCUT2D eigenvalue weighted by atomic mass is 79.9. The lowest BCUT2D eigenvalue weighted by Crippen LogP contribution is -2.02. The number of halogens is 1. The molecular weight excluding hydrogens is 326 g/mol. The molecule has 0 N–H and O–H groups in total. The zero-order chi connectivity index (χ0) is 13.5. The summed E-state index contributed by atoms with van der Waals surface area (Å²) in [7, 11) is 1.72. The van der Waals surface area contributed by atoms with E-state index in [1.54, 1.807) is 25.2 Å². The van der Waals surface area contributed by atoms with Crippen molar-refractivity contribution in [3.8, 4) is 0 Å². The molecule has 102 valence electrons. The van der Waals surface area contributed by atoms with Crippen molar-refractivity contribution in [1.82, 2.24) is 14.8 Å². The van der Waals surface area contributed by atoms with Crippen LogP contribution in [0.5, 0.6) is 0 Å². The zero-order valence-corrected chi connectivity index (χ0v) is 13.2. The number of aromatic nitrogens is 3. The van der Waals surface area contributed by atoms with E-state index < -0.39 is 0 Å². The van der Waals surface area contributed by atoms with Crippen LogP contribution in [-0.4, -0.2) is 28.5 Å². The molecule has 0 aliphatic rings. The summed E-state index contributed by atoms with van der Waals surface area (Å²) in [5.74, 6) is 0.891. The largest absolute Gasteiger partial charge is 0.385 e. The summed E-state index contributed by atoms with van der Waals surface area (Å²) < 4.78 is 8.23. The summed E-state index contributed by atoms with van der Waals surface area (Å²) in [5.41, 5.74) is 1.27. The number of thioether (sulfide) groups is 1. The van der Waals surface area contributed by atoms with Crippen LogP contribution in [0, 0.1) is 0 Å². The molecule has 0 atom stereocenters. The lowest BCUT2D eigenvalue weighted by atomic mass is 10.2. The topological polar surface area (TPSA) is 39.9 Å². The van der Waals surface area contributed by atoms with Crippen molar-refractivity contribution >= 4 is 27.7 Å². The van der Waals surface area contributed by atoms with Crippen LogP contribution in [0.3, 0.4) is 0 Å². The summed E-state index contributed by atoms with van der Waals surface area (Å²) in [6.45, 7) is 1.65. The van der Waals surface area contributed by atoms with Crippen LogP contribution in [-0.2, 0) is 17.0 Å². The smallest absolute Gasteiger partial charge is 0.191 e. The first-order valence-corrected chi connectivity index (χ1v) is 7.81. The number of nitrogens with zero attached hydrogens (tertiary/aromatic N) is 3. The number of methoxy groups -OCH3 is 1. The minimum atomic E-state index is 0.758. The molecule has 0 unspecified atom stereocenters. The highest BCUT2D eigenvalue weighted by molar-refractivity contribution is 9.10. The summed E-state index contributed by atoms with van der Waals surface area (Å²) in [4.78, 5) is 0. The van der Waals surface area contributed by atoms with E-state index in [-0.39, 0.29) is 0 Å². The predicted octanol–water partition coefficient (Wildman–Crippen LogP) is 3.37. The van der Waals surface area contributed by atoms with Crippen LogP contribution in [0.2, 0.25) is 0 Å². The Kier molecular flexibility index (Phi) is 5.88. The Morgan fingerprint density at radius 2 is 2.32 bits per heavy atom. The maximum Gasteiger partial charge on any atom is 0.191 e. The Morgan fingerprint density at radius 3 is 3.11 bits per heavy atom. The average Bonchev–Trinajstić information content (AvgIpc) is 2.84. The number of ether oxygens (including phenoxy) is 1. The molecule has 0 bridgehead atoms. The van der Waals surface area contributed by atoms with Crippen molar-refractivity contribution < 1.29 is 4.74 Å². The molecule has 1 aromatic carbocycles. The van der Waals surface area contributed by atoms with E-state index in [0.717, 1.165) is 35.0 Å². The molecule has 19 heavy (non-hydrogen) atoms. The molecule has 0 aliphatic carbocycles. The van der Waals surface area contributed by atoms with Gasteiger partial charge in [0.15, 0.2) is 5.16 Å². The molecule has 1 heterocycles. The lowest BCUT2D eigenvalue weighted by molar-refractivity contribution is 0.189. The normalized spacial score (nSPS) is 10.8. The predicted molar refractivity (Wildman–Crippen MR) is 80.2 cm³/mol. The molecule has 0 saturated heterocycles. The second-order valence-corrected chi connectivity index (χ2v) is 5.93.